The van der Waals surface area contributed by atoms with Gasteiger partial charge in [-0.3, -0.25) is 9.59 Å². The molecular formula is C52H101NO5. The van der Waals surface area contributed by atoms with Crippen molar-refractivity contribution in [3.8, 4) is 0 Å². The number of ether oxygens (including phenoxy) is 2. The summed E-state index contributed by atoms with van der Waals surface area (Å²) < 4.78 is 11.1. The minimum Gasteiger partial charge on any atom is -0.466 e. The van der Waals surface area contributed by atoms with E-state index in [4.69, 9.17) is 9.47 Å². The maximum absolute atomic E-state index is 13.1. The molecule has 1 N–H and O–H groups in total. The first-order valence-corrected chi connectivity index (χ1v) is 26.2. The number of nitrogens with one attached hydrogen (secondary N) is 1. The molecule has 0 heterocycles. The molecule has 1 atom stereocenters. The van der Waals surface area contributed by atoms with Gasteiger partial charge in [-0.25, -0.2) is 4.79 Å². The van der Waals surface area contributed by atoms with Crippen molar-refractivity contribution < 1.29 is 23.9 Å². The van der Waals surface area contributed by atoms with E-state index < -0.39 is 18.0 Å². The van der Waals surface area contributed by atoms with Gasteiger partial charge in [0.05, 0.1) is 19.6 Å². The smallest absolute Gasteiger partial charge is 0.329 e. The predicted molar refractivity (Wildman–Crippen MR) is 249 cm³/mol. The molecule has 344 valence electrons. The van der Waals surface area contributed by atoms with E-state index in [9.17, 15) is 14.4 Å². The number of hydrogen-bond donors (Lipinski definition) is 1. The summed E-state index contributed by atoms with van der Waals surface area (Å²) >= 11 is 0. The third-order valence-electron chi connectivity index (χ3n) is 12.0. The van der Waals surface area contributed by atoms with Crippen LogP contribution in [0.15, 0.2) is 0 Å². The standard InChI is InChI=1S/C52H101NO5/c1-4-7-10-13-16-19-21-23-25-27-29-31-34-37-40-43-46-57-51(55)48-49(53-50(54)45-42-39-36-33-18-15-12-9-6-3)52(56)58-47-44-41-38-35-32-30-28-26-24-22-20-17-14-11-8-5-2/h49H,4-48H2,1-3H3,(H,53,54)/t49-/m0/s1. The summed E-state index contributed by atoms with van der Waals surface area (Å²) in [6.07, 6.45) is 52.3. The number of unbranched alkanes of at least 4 members (excludes halogenated alkanes) is 38. The van der Waals surface area contributed by atoms with Crippen molar-refractivity contribution >= 4 is 17.8 Å². The summed E-state index contributed by atoms with van der Waals surface area (Å²) in [5.74, 6) is -1.13. The topological polar surface area (TPSA) is 81.7 Å². The Kier molecular flexibility index (Phi) is 46.8. The van der Waals surface area contributed by atoms with E-state index in [1.165, 1.54) is 212 Å². The van der Waals surface area contributed by atoms with Crippen molar-refractivity contribution in [2.75, 3.05) is 13.2 Å². The molecule has 0 aromatic rings. The van der Waals surface area contributed by atoms with E-state index in [2.05, 4.69) is 26.1 Å². The first kappa shape index (κ1) is 56.4. The molecule has 6 nitrogen and oxygen atoms in total. The molecule has 0 unspecified atom stereocenters. The highest BCUT2D eigenvalue weighted by Crippen LogP contribution is 2.16. The lowest BCUT2D eigenvalue weighted by molar-refractivity contribution is -0.154. The highest BCUT2D eigenvalue weighted by Gasteiger charge is 2.26. The number of rotatable bonds is 48. The van der Waals surface area contributed by atoms with Crippen LogP contribution in [0.25, 0.3) is 0 Å². The number of carbonyl (C=O) groups excluding carboxylic acids is 3. The molecule has 0 aliphatic carbocycles. The van der Waals surface area contributed by atoms with E-state index in [1.807, 2.05) is 0 Å². The Labute approximate surface area is 362 Å². The number of amides is 1. The summed E-state index contributed by atoms with van der Waals surface area (Å²) in [7, 11) is 0. The Morgan fingerprint density at radius 1 is 0.345 bits per heavy atom. The van der Waals surface area contributed by atoms with Crippen LogP contribution in [0.4, 0.5) is 0 Å². The molecule has 0 fully saturated rings. The molecule has 0 saturated heterocycles. The second kappa shape index (κ2) is 48.1. The van der Waals surface area contributed by atoms with E-state index in [-0.39, 0.29) is 12.3 Å². The van der Waals surface area contributed by atoms with Gasteiger partial charge in [-0.05, 0) is 19.3 Å². The number of esters is 2. The summed E-state index contributed by atoms with van der Waals surface area (Å²) in [6, 6.07) is -0.981. The van der Waals surface area contributed by atoms with Gasteiger partial charge in [-0.1, -0.05) is 265 Å². The zero-order valence-corrected chi connectivity index (χ0v) is 39.4. The molecular weight excluding hydrogens is 719 g/mol. The zero-order chi connectivity index (χ0) is 42.3. The van der Waals surface area contributed by atoms with E-state index in [1.54, 1.807) is 0 Å². The Hall–Kier alpha value is -1.59. The van der Waals surface area contributed by atoms with Crippen molar-refractivity contribution in [1.82, 2.24) is 5.32 Å². The number of carbonyl (C=O) groups is 3. The van der Waals surface area contributed by atoms with Gasteiger partial charge in [0.15, 0.2) is 0 Å². The van der Waals surface area contributed by atoms with Gasteiger partial charge in [0.25, 0.3) is 0 Å². The van der Waals surface area contributed by atoms with Crippen LogP contribution in [-0.2, 0) is 23.9 Å². The fourth-order valence-electron chi connectivity index (χ4n) is 8.04. The Morgan fingerprint density at radius 3 is 0.914 bits per heavy atom. The maximum atomic E-state index is 13.1. The molecule has 0 rings (SSSR count). The number of hydrogen-bond acceptors (Lipinski definition) is 5. The largest absolute Gasteiger partial charge is 0.466 e. The molecule has 58 heavy (non-hydrogen) atoms. The van der Waals surface area contributed by atoms with E-state index >= 15 is 0 Å². The van der Waals surface area contributed by atoms with Crippen LogP contribution < -0.4 is 5.32 Å². The highest BCUT2D eigenvalue weighted by atomic mass is 16.5. The van der Waals surface area contributed by atoms with Crippen molar-refractivity contribution in [1.29, 1.82) is 0 Å². The normalized spacial score (nSPS) is 11.8. The summed E-state index contributed by atoms with van der Waals surface area (Å²) in [4.78, 5) is 38.7. The van der Waals surface area contributed by atoms with E-state index in [0.29, 0.717) is 19.6 Å². The average Bonchev–Trinajstić information content (AvgIpc) is 3.22. The van der Waals surface area contributed by atoms with Gasteiger partial charge >= 0.3 is 11.9 Å². The minimum absolute atomic E-state index is 0.167. The van der Waals surface area contributed by atoms with Crippen LogP contribution in [0.5, 0.6) is 0 Å². The van der Waals surface area contributed by atoms with Crippen LogP contribution >= 0.6 is 0 Å². The quantitative estimate of drug-likeness (QED) is 0.0488. The van der Waals surface area contributed by atoms with Crippen LogP contribution in [-0.4, -0.2) is 37.1 Å². The molecule has 0 saturated carbocycles. The zero-order valence-electron chi connectivity index (χ0n) is 39.4. The third kappa shape index (κ3) is 44.0. The first-order chi connectivity index (χ1) is 28.5. The van der Waals surface area contributed by atoms with Gasteiger partial charge < -0.3 is 14.8 Å². The maximum Gasteiger partial charge on any atom is 0.329 e. The lowest BCUT2D eigenvalue weighted by atomic mass is 10.0. The van der Waals surface area contributed by atoms with Crippen molar-refractivity contribution in [2.24, 2.45) is 0 Å². The summed E-state index contributed by atoms with van der Waals surface area (Å²) in [6.45, 7) is 7.49. The SMILES string of the molecule is CCCCCCCCCCCCCCCCCCOC(=O)C[C@H](NC(=O)CCCCCCCCCCC)C(=O)OCCCCCCCCCCCCCCCCCC. The second-order valence-corrected chi connectivity index (χ2v) is 17.9. The molecule has 0 bridgehead atoms. The fourth-order valence-corrected chi connectivity index (χ4v) is 8.04. The van der Waals surface area contributed by atoms with Gasteiger partial charge in [0.1, 0.15) is 6.04 Å². The Bertz CT molecular complexity index is 863. The van der Waals surface area contributed by atoms with Gasteiger partial charge in [0, 0.05) is 6.42 Å². The minimum atomic E-state index is -0.981. The molecule has 1 amide bonds. The lowest BCUT2D eigenvalue weighted by Crippen LogP contribution is -2.43. The second-order valence-electron chi connectivity index (χ2n) is 17.9. The van der Waals surface area contributed by atoms with E-state index in [0.717, 1.165) is 51.4 Å². The Balaban J connectivity index is 4.24. The fraction of sp³-hybridized carbons (Fsp3) is 0.942. The van der Waals surface area contributed by atoms with Crippen molar-refractivity contribution in [2.45, 2.75) is 303 Å². The van der Waals surface area contributed by atoms with Gasteiger partial charge in [-0.2, -0.15) is 0 Å². The highest BCUT2D eigenvalue weighted by molar-refractivity contribution is 5.88. The van der Waals surface area contributed by atoms with Crippen molar-refractivity contribution in [3.63, 3.8) is 0 Å². The molecule has 0 aromatic heterocycles. The monoisotopic (exact) mass is 820 g/mol. The van der Waals surface area contributed by atoms with Crippen LogP contribution in [0.2, 0.25) is 0 Å². The molecule has 0 aliphatic heterocycles. The Morgan fingerprint density at radius 2 is 0.603 bits per heavy atom. The summed E-state index contributed by atoms with van der Waals surface area (Å²) in [5, 5.41) is 2.82. The molecule has 0 radical (unpaired) electrons. The lowest BCUT2D eigenvalue weighted by Gasteiger charge is -2.17. The van der Waals surface area contributed by atoms with Crippen LogP contribution in [0, 0.1) is 0 Å². The summed E-state index contributed by atoms with van der Waals surface area (Å²) in [5.41, 5.74) is 0. The molecule has 0 aromatic carbocycles. The molecule has 0 aliphatic rings. The third-order valence-corrected chi connectivity index (χ3v) is 12.0. The molecule has 0 spiro atoms. The first-order valence-electron chi connectivity index (χ1n) is 26.2. The van der Waals surface area contributed by atoms with Crippen LogP contribution in [0.3, 0.4) is 0 Å². The van der Waals surface area contributed by atoms with Crippen molar-refractivity contribution in [3.05, 3.63) is 0 Å². The van der Waals surface area contributed by atoms with Crippen LogP contribution in [0.1, 0.15) is 297 Å². The van der Waals surface area contributed by atoms with Gasteiger partial charge in [-0.15, -0.1) is 0 Å². The average molecular weight is 820 g/mol. The predicted octanol–water partition coefficient (Wildman–Crippen LogP) is 16.4. The van der Waals surface area contributed by atoms with Gasteiger partial charge in [0.2, 0.25) is 5.91 Å². The molecule has 6 heteroatoms.